The third-order valence-corrected chi connectivity index (χ3v) is 4.41. The van der Waals surface area contributed by atoms with E-state index in [1.165, 1.54) is 12.0 Å². The summed E-state index contributed by atoms with van der Waals surface area (Å²) in [7, 11) is 1.31. The highest BCUT2D eigenvalue weighted by Gasteiger charge is 2.42. The van der Waals surface area contributed by atoms with Crippen molar-refractivity contribution in [2.75, 3.05) is 13.7 Å². The van der Waals surface area contributed by atoms with Crippen LogP contribution in [0.1, 0.15) is 38.5 Å². The molecule has 0 radical (unpaired) electrons. The van der Waals surface area contributed by atoms with E-state index >= 15 is 0 Å². The third kappa shape index (κ3) is 2.78. The van der Waals surface area contributed by atoms with Crippen LogP contribution in [-0.4, -0.2) is 47.5 Å². The van der Waals surface area contributed by atoms with E-state index in [0.29, 0.717) is 25.8 Å². The Hall–Kier alpha value is -1.59. The van der Waals surface area contributed by atoms with Crippen LogP contribution in [0.4, 0.5) is 0 Å². The van der Waals surface area contributed by atoms with Gasteiger partial charge in [-0.05, 0) is 25.7 Å². The monoisotopic (exact) mass is 283 g/mol. The molecule has 3 unspecified atom stereocenters. The highest BCUT2D eigenvalue weighted by molar-refractivity contribution is 5.89. The molecule has 1 saturated heterocycles. The number of hydrogen-bond acceptors (Lipinski definition) is 4. The van der Waals surface area contributed by atoms with Crippen LogP contribution in [0.2, 0.25) is 0 Å². The number of carbonyl (C=O) groups excluding carboxylic acids is 2. The van der Waals surface area contributed by atoms with Crippen molar-refractivity contribution in [3.63, 3.8) is 0 Å². The molecule has 0 aromatic carbocycles. The van der Waals surface area contributed by atoms with Gasteiger partial charge in [-0.1, -0.05) is 12.8 Å². The summed E-state index contributed by atoms with van der Waals surface area (Å²) in [6.07, 6.45) is 4.22. The number of esters is 1. The van der Waals surface area contributed by atoms with Gasteiger partial charge in [-0.15, -0.1) is 0 Å². The van der Waals surface area contributed by atoms with Crippen LogP contribution >= 0.6 is 0 Å². The summed E-state index contributed by atoms with van der Waals surface area (Å²) in [5.74, 6) is -2.61. The number of carboxylic acid groups (broad SMARTS) is 1. The van der Waals surface area contributed by atoms with Crippen LogP contribution < -0.4 is 0 Å². The van der Waals surface area contributed by atoms with E-state index in [2.05, 4.69) is 0 Å². The zero-order valence-electron chi connectivity index (χ0n) is 11.7. The van der Waals surface area contributed by atoms with Gasteiger partial charge in [0.15, 0.2) is 0 Å². The van der Waals surface area contributed by atoms with Crippen LogP contribution in [0.15, 0.2) is 0 Å². The highest BCUT2D eigenvalue weighted by atomic mass is 16.5. The van der Waals surface area contributed by atoms with Crippen molar-refractivity contribution in [3.8, 4) is 0 Å². The van der Waals surface area contributed by atoms with Crippen molar-refractivity contribution in [3.05, 3.63) is 0 Å². The number of nitrogens with zero attached hydrogens (tertiary/aromatic N) is 1. The zero-order chi connectivity index (χ0) is 14.7. The number of amides is 1. The summed E-state index contributed by atoms with van der Waals surface area (Å²) in [6.45, 7) is 0.515. The van der Waals surface area contributed by atoms with E-state index in [9.17, 15) is 19.5 Å². The Kier molecular flexibility index (Phi) is 4.62. The van der Waals surface area contributed by atoms with Gasteiger partial charge < -0.3 is 14.7 Å². The third-order valence-electron chi connectivity index (χ3n) is 4.41. The first-order valence-electron chi connectivity index (χ1n) is 7.17. The Bertz CT molecular complexity index is 408. The Morgan fingerprint density at radius 1 is 1.05 bits per heavy atom. The van der Waals surface area contributed by atoms with Crippen LogP contribution in [-0.2, 0) is 19.1 Å². The van der Waals surface area contributed by atoms with Crippen molar-refractivity contribution in [1.29, 1.82) is 0 Å². The molecule has 112 valence electrons. The van der Waals surface area contributed by atoms with Crippen molar-refractivity contribution in [2.45, 2.75) is 44.6 Å². The number of carboxylic acids is 1. The molecular formula is C14H21NO5. The molecule has 2 fully saturated rings. The lowest BCUT2D eigenvalue weighted by molar-refractivity contribution is -0.157. The second-order valence-corrected chi connectivity index (χ2v) is 5.55. The van der Waals surface area contributed by atoms with Crippen molar-refractivity contribution < 1.29 is 24.2 Å². The lowest BCUT2D eigenvalue weighted by Gasteiger charge is -2.32. The highest BCUT2D eigenvalue weighted by Crippen LogP contribution is 2.33. The summed E-state index contributed by atoms with van der Waals surface area (Å²) < 4.78 is 4.73. The summed E-state index contributed by atoms with van der Waals surface area (Å²) in [5, 5.41) is 9.26. The standard InChI is InChI=1S/C14H21NO5/c1-20-14(19)11-7-4-8-15(11)12(16)9-5-2-3-6-10(9)13(17)18/h9-11H,2-8H2,1H3,(H,17,18). The first-order valence-corrected chi connectivity index (χ1v) is 7.17. The quantitative estimate of drug-likeness (QED) is 0.782. The molecule has 1 aliphatic heterocycles. The lowest BCUT2D eigenvalue weighted by Crippen LogP contribution is -2.47. The lowest BCUT2D eigenvalue weighted by atomic mass is 9.78. The molecule has 1 N–H and O–H groups in total. The number of aliphatic carboxylic acids is 1. The van der Waals surface area contributed by atoms with Gasteiger partial charge in [-0.3, -0.25) is 9.59 Å². The van der Waals surface area contributed by atoms with Gasteiger partial charge >= 0.3 is 11.9 Å². The summed E-state index contributed by atoms with van der Waals surface area (Å²) in [6, 6.07) is -0.538. The molecule has 0 bridgehead atoms. The van der Waals surface area contributed by atoms with E-state index in [-0.39, 0.29) is 5.91 Å². The van der Waals surface area contributed by atoms with Crippen LogP contribution in [0, 0.1) is 11.8 Å². The number of ether oxygens (including phenoxy) is 1. The van der Waals surface area contributed by atoms with Gasteiger partial charge in [-0.25, -0.2) is 4.79 Å². The maximum Gasteiger partial charge on any atom is 0.328 e. The topological polar surface area (TPSA) is 83.9 Å². The van der Waals surface area contributed by atoms with Crippen LogP contribution in [0.5, 0.6) is 0 Å². The number of rotatable bonds is 3. The molecule has 0 aromatic heterocycles. The average molecular weight is 283 g/mol. The van der Waals surface area contributed by atoms with E-state index in [4.69, 9.17) is 4.74 Å². The molecule has 1 aliphatic carbocycles. The van der Waals surface area contributed by atoms with Crippen LogP contribution in [0.3, 0.4) is 0 Å². The molecule has 0 aromatic rings. The fourth-order valence-corrected chi connectivity index (χ4v) is 3.35. The largest absolute Gasteiger partial charge is 0.481 e. The van der Waals surface area contributed by atoms with Crippen molar-refractivity contribution in [1.82, 2.24) is 4.90 Å². The Morgan fingerprint density at radius 2 is 1.70 bits per heavy atom. The van der Waals surface area contributed by atoms with Gasteiger partial charge in [0.05, 0.1) is 18.9 Å². The zero-order valence-corrected chi connectivity index (χ0v) is 11.7. The smallest absolute Gasteiger partial charge is 0.328 e. The van der Waals surface area contributed by atoms with E-state index in [1.54, 1.807) is 0 Å². The summed E-state index contributed by atoms with van der Waals surface area (Å²) in [4.78, 5) is 37.1. The van der Waals surface area contributed by atoms with Gasteiger partial charge in [-0.2, -0.15) is 0 Å². The summed E-state index contributed by atoms with van der Waals surface area (Å²) >= 11 is 0. The number of carbonyl (C=O) groups is 3. The fraction of sp³-hybridized carbons (Fsp3) is 0.786. The molecule has 2 rings (SSSR count). The van der Waals surface area contributed by atoms with Gasteiger partial charge in [0, 0.05) is 6.54 Å². The van der Waals surface area contributed by atoms with E-state index in [1.807, 2.05) is 0 Å². The maximum absolute atomic E-state index is 12.6. The first kappa shape index (κ1) is 14.8. The second-order valence-electron chi connectivity index (χ2n) is 5.55. The SMILES string of the molecule is COC(=O)C1CCCN1C(=O)C1CCCCC1C(=O)O. The van der Waals surface area contributed by atoms with E-state index in [0.717, 1.165) is 19.3 Å². The molecule has 3 atom stereocenters. The summed E-state index contributed by atoms with van der Waals surface area (Å²) in [5.41, 5.74) is 0. The molecule has 6 heteroatoms. The Labute approximate surface area is 118 Å². The minimum absolute atomic E-state index is 0.190. The predicted molar refractivity (Wildman–Crippen MR) is 69.8 cm³/mol. The predicted octanol–water partition coefficient (Wildman–Crippen LogP) is 1.04. The van der Waals surface area contributed by atoms with Gasteiger partial charge in [0.1, 0.15) is 6.04 Å². The Balaban J connectivity index is 2.12. The fourth-order valence-electron chi connectivity index (χ4n) is 3.35. The van der Waals surface area contributed by atoms with Crippen LogP contribution in [0.25, 0.3) is 0 Å². The maximum atomic E-state index is 12.6. The van der Waals surface area contributed by atoms with Crippen molar-refractivity contribution >= 4 is 17.8 Å². The molecule has 0 spiro atoms. The number of hydrogen-bond donors (Lipinski definition) is 1. The molecule has 1 saturated carbocycles. The molecule has 2 aliphatic rings. The molecular weight excluding hydrogens is 262 g/mol. The first-order chi connectivity index (χ1) is 9.56. The molecule has 20 heavy (non-hydrogen) atoms. The van der Waals surface area contributed by atoms with Gasteiger partial charge in [0.25, 0.3) is 0 Å². The minimum Gasteiger partial charge on any atom is -0.481 e. The minimum atomic E-state index is -0.906. The Morgan fingerprint density at radius 3 is 2.30 bits per heavy atom. The number of likely N-dealkylation sites (tertiary alicyclic amines) is 1. The second kappa shape index (κ2) is 6.24. The molecule has 6 nitrogen and oxygen atoms in total. The molecule has 1 amide bonds. The normalized spacial score (nSPS) is 30.1. The van der Waals surface area contributed by atoms with Gasteiger partial charge in [0.2, 0.25) is 5.91 Å². The van der Waals surface area contributed by atoms with Crippen molar-refractivity contribution in [2.24, 2.45) is 11.8 Å². The van der Waals surface area contributed by atoms with E-state index < -0.39 is 29.8 Å². The molecule has 1 heterocycles. The average Bonchev–Trinajstić information content (AvgIpc) is 2.95. The number of methoxy groups -OCH3 is 1.